The molecule has 6 heteroatoms. The molecule has 1 N–H and O–H groups in total. The van der Waals surface area contributed by atoms with Crippen molar-refractivity contribution < 1.29 is 27.8 Å². The molecule has 0 radical (unpaired) electrons. The number of ether oxygens (including phenoxy) is 1. The van der Waals surface area contributed by atoms with Crippen LogP contribution in [-0.4, -0.2) is 24.0 Å². The molecular formula is C5H7F3O3. The summed E-state index contributed by atoms with van der Waals surface area (Å²) in [6.45, 7) is 3.86. The van der Waals surface area contributed by atoms with E-state index in [-0.39, 0.29) is 0 Å². The molecule has 0 fully saturated rings. The Morgan fingerprint density at radius 1 is 1.55 bits per heavy atom. The fraction of sp³-hybridized carbons (Fsp3) is 0.400. The van der Waals surface area contributed by atoms with E-state index in [2.05, 4.69) is 17.9 Å². The third-order valence-corrected chi connectivity index (χ3v) is 0.392. The van der Waals surface area contributed by atoms with Crippen LogP contribution in [0.4, 0.5) is 18.0 Å². The van der Waals surface area contributed by atoms with E-state index in [4.69, 9.17) is 5.11 Å². The van der Waals surface area contributed by atoms with E-state index in [0.29, 0.717) is 0 Å². The number of hydrogen-bond donors (Lipinski definition) is 1. The maximum atomic E-state index is 11.4. The van der Waals surface area contributed by atoms with Crippen molar-refractivity contribution in [2.75, 3.05) is 6.67 Å². The first-order valence-corrected chi connectivity index (χ1v) is 2.33. The van der Waals surface area contributed by atoms with Gasteiger partial charge in [0.25, 0.3) is 0 Å². The molecule has 0 saturated heterocycles. The van der Waals surface area contributed by atoms with Gasteiger partial charge in [0.05, 0.1) is 0 Å². The van der Waals surface area contributed by atoms with Gasteiger partial charge in [0.1, 0.15) is 0 Å². The quantitative estimate of drug-likeness (QED) is 0.512. The molecule has 0 aliphatic carbocycles. The second-order valence-electron chi connectivity index (χ2n) is 1.14. The molecule has 0 unspecified atom stereocenters. The molecule has 11 heavy (non-hydrogen) atoms. The topological polar surface area (TPSA) is 46.5 Å². The van der Waals surface area contributed by atoms with E-state index in [1.54, 1.807) is 0 Å². The van der Waals surface area contributed by atoms with Crippen LogP contribution in [0.2, 0.25) is 0 Å². The van der Waals surface area contributed by atoms with Gasteiger partial charge >= 0.3 is 12.3 Å². The molecule has 0 heterocycles. The Hall–Kier alpha value is -1.20. The van der Waals surface area contributed by atoms with E-state index >= 15 is 0 Å². The SMILES string of the molecule is C=C.O=C(O)OC(F)(F)CF. The summed E-state index contributed by atoms with van der Waals surface area (Å²) in [5.41, 5.74) is 0. The molecule has 0 spiro atoms. The summed E-state index contributed by atoms with van der Waals surface area (Å²) in [5, 5.41) is 7.51. The van der Waals surface area contributed by atoms with Crippen LogP contribution in [-0.2, 0) is 4.74 Å². The third-order valence-electron chi connectivity index (χ3n) is 0.392. The van der Waals surface area contributed by atoms with Crippen molar-refractivity contribution in [1.29, 1.82) is 0 Å². The largest absolute Gasteiger partial charge is 0.510 e. The second kappa shape index (κ2) is 5.57. The van der Waals surface area contributed by atoms with Crippen LogP contribution in [0.5, 0.6) is 0 Å². The third kappa shape index (κ3) is 8.80. The maximum absolute atomic E-state index is 11.4. The van der Waals surface area contributed by atoms with E-state index in [1.807, 2.05) is 0 Å². The van der Waals surface area contributed by atoms with Gasteiger partial charge in [0, 0.05) is 0 Å². The van der Waals surface area contributed by atoms with Crippen molar-refractivity contribution in [3.63, 3.8) is 0 Å². The highest BCUT2D eigenvalue weighted by Gasteiger charge is 2.33. The maximum Gasteiger partial charge on any atom is 0.510 e. The Balaban J connectivity index is 0. The highest BCUT2D eigenvalue weighted by atomic mass is 19.3. The van der Waals surface area contributed by atoms with Gasteiger partial charge in [-0.05, 0) is 0 Å². The highest BCUT2D eigenvalue weighted by Crippen LogP contribution is 2.14. The lowest BCUT2D eigenvalue weighted by Crippen LogP contribution is -2.26. The van der Waals surface area contributed by atoms with Gasteiger partial charge < -0.3 is 9.84 Å². The first kappa shape index (κ1) is 12.5. The van der Waals surface area contributed by atoms with E-state index in [0.717, 1.165) is 0 Å². The number of alkyl halides is 3. The van der Waals surface area contributed by atoms with Crippen molar-refractivity contribution >= 4 is 6.16 Å². The molecule has 66 valence electrons. The first-order valence-electron chi connectivity index (χ1n) is 2.33. The van der Waals surface area contributed by atoms with Gasteiger partial charge in [0.2, 0.25) is 0 Å². The monoisotopic (exact) mass is 172 g/mol. The predicted octanol–water partition coefficient (Wildman–Crippen LogP) is 2.05. The minimum atomic E-state index is -4.20. The Kier molecular flexibility index (Phi) is 6.32. The van der Waals surface area contributed by atoms with Crippen molar-refractivity contribution in [3.8, 4) is 0 Å². The fourth-order valence-corrected chi connectivity index (χ4v) is 0.155. The van der Waals surface area contributed by atoms with Crippen LogP contribution in [0, 0.1) is 0 Å². The normalized spacial score (nSPS) is 9.36. The summed E-state index contributed by atoms with van der Waals surface area (Å²) in [5.74, 6) is 0. The van der Waals surface area contributed by atoms with Gasteiger partial charge in [-0.15, -0.1) is 13.2 Å². The molecule has 0 aromatic rings. The molecule has 3 nitrogen and oxygen atoms in total. The van der Waals surface area contributed by atoms with E-state index in [9.17, 15) is 18.0 Å². The molecule has 0 saturated carbocycles. The molecule has 0 rings (SSSR count). The molecule has 0 aliphatic rings. The predicted molar refractivity (Wildman–Crippen MR) is 31.3 cm³/mol. The van der Waals surface area contributed by atoms with Gasteiger partial charge in [-0.3, -0.25) is 0 Å². The standard InChI is InChI=1S/C3H3F3O3.C2H4/c4-1-3(5,6)9-2(7)8;1-2/h1H2,(H,7,8);1-2H2. The highest BCUT2D eigenvalue weighted by molar-refractivity contribution is 5.57. The lowest BCUT2D eigenvalue weighted by Gasteiger charge is -2.08. The van der Waals surface area contributed by atoms with Crippen LogP contribution < -0.4 is 0 Å². The number of hydrogen-bond acceptors (Lipinski definition) is 2. The number of carboxylic acid groups (broad SMARTS) is 1. The minimum Gasteiger partial charge on any atom is -0.450 e. The second-order valence-corrected chi connectivity index (χ2v) is 1.14. The summed E-state index contributed by atoms with van der Waals surface area (Å²) in [6, 6.07) is 0. The van der Waals surface area contributed by atoms with Crippen molar-refractivity contribution in [3.05, 3.63) is 13.2 Å². The zero-order valence-electron chi connectivity index (χ0n) is 5.52. The van der Waals surface area contributed by atoms with Crippen molar-refractivity contribution in [1.82, 2.24) is 0 Å². The van der Waals surface area contributed by atoms with Crippen LogP contribution in [0.15, 0.2) is 13.2 Å². The number of rotatable bonds is 2. The molecule has 0 aromatic heterocycles. The fourth-order valence-electron chi connectivity index (χ4n) is 0.155. The average molecular weight is 172 g/mol. The van der Waals surface area contributed by atoms with Crippen LogP contribution in [0.25, 0.3) is 0 Å². The molecule has 0 aliphatic heterocycles. The molecule has 0 atom stereocenters. The molecule has 0 bridgehead atoms. The molecule has 0 amide bonds. The lowest BCUT2D eigenvalue weighted by atomic mass is 10.7. The lowest BCUT2D eigenvalue weighted by molar-refractivity contribution is -0.216. The Labute approximate surface area is 61.1 Å². The van der Waals surface area contributed by atoms with Crippen molar-refractivity contribution in [2.45, 2.75) is 6.11 Å². The van der Waals surface area contributed by atoms with E-state index in [1.165, 1.54) is 0 Å². The summed E-state index contributed by atoms with van der Waals surface area (Å²) in [6.07, 6.45) is -6.40. The Morgan fingerprint density at radius 3 is 2.00 bits per heavy atom. The minimum absolute atomic E-state index is 2.14. The summed E-state index contributed by atoms with van der Waals surface area (Å²) in [7, 11) is 0. The first-order chi connectivity index (χ1) is 4.98. The number of halogens is 3. The van der Waals surface area contributed by atoms with Gasteiger partial charge in [0.15, 0.2) is 6.67 Å². The van der Waals surface area contributed by atoms with Gasteiger partial charge in [-0.2, -0.15) is 8.78 Å². The van der Waals surface area contributed by atoms with Crippen LogP contribution in [0.3, 0.4) is 0 Å². The van der Waals surface area contributed by atoms with Gasteiger partial charge in [-0.25, -0.2) is 9.18 Å². The smallest absolute Gasteiger partial charge is 0.450 e. The Bertz CT molecular complexity index is 126. The summed E-state index contributed by atoms with van der Waals surface area (Å²) in [4.78, 5) is 9.30. The average Bonchev–Trinajstić information content (AvgIpc) is 1.90. The van der Waals surface area contributed by atoms with Crippen LogP contribution >= 0.6 is 0 Å². The van der Waals surface area contributed by atoms with Gasteiger partial charge in [-0.1, -0.05) is 0 Å². The molecular weight excluding hydrogens is 165 g/mol. The van der Waals surface area contributed by atoms with Crippen LogP contribution in [0.1, 0.15) is 0 Å². The zero-order chi connectivity index (χ0) is 9.49. The Morgan fingerprint density at radius 2 is 1.91 bits per heavy atom. The zero-order valence-corrected chi connectivity index (χ0v) is 5.52. The molecule has 0 aromatic carbocycles. The summed E-state index contributed by atoms with van der Waals surface area (Å²) >= 11 is 0. The summed E-state index contributed by atoms with van der Waals surface area (Å²) < 4.78 is 36.6. The van der Waals surface area contributed by atoms with E-state index < -0.39 is 18.9 Å². The van der Waals surface area contributed by atoms with Crippen molar-refractivity contribution in [2.24, 2.45) is 0 Å². The number of carbonyl (C=O) groups is 1.